The zero-order valence-corrected chi connectivity index (χ0v) is 21.8. The highest BCUT2D eigenvalue weighted by Crippen LogP contribution is 2.36. The van der Waals surface area contributed by atoms with Gasteiger partial charge in [-0.2, -0.15) is 0 Å². The van der Waals surface area contributed by atoms with Gasteiger partial charge in [-0.1, -0.05) is 64.8 Å². The number of unbranched alkanes of at least 4 members (excludes halogenated alkanes) is 5. The fourth-order valence-corrected chi connectivity index (χ4v) is 3.89. The summed E-state index contributed by atoms with van der Waals surface area (Å²) in [5.74, 6) is 1.62. The molecule has 1 aromatic heterocycles. The maximum absolute atomic E-state index is 10.1. The average Bonchev–Trinajstić information content (AvgIpc) is 3.15. The minimum absolute atomic E-state index is 0.277. The Kier molecular flexibility index (Phi) is 13.1. The van der Waals surface area contributed by atoms with Crippen LogP contribution in [-0.2, 0) is 4.43 Å². The minimum atomic E-state index is -1.62. The Labute approximate surface area is 192 Å². The van der Waals surface area contributed by atoms with E-state index in [2.05, 4.69) is 59.0 Å². The van der Waals surface area contributed by atoms with Crippen LogP contribution in [-0.4, -0.2) is 26.1 Å². The molecule has 0 amide bonds. The van der Waals surface area contributed by atoms with E-state index in [1.54, 1.807) is 6.08 Å². The molecule has 0 aliphatic heterocycles. The van der Waals surface area contributed by atoms with Crippen molar-refractivity contribution in [1.29, 1.82) is 0 Å². The van der Waals surface area contributed by atoms with Crippen molar-refractivity contribution in [2.24, 2.45) is 0 Å². The molecule has 0 saturated carbocycles. The summed E-state index contributed by atoms with van der Waals surface area (Å²) in [5, 5.41) is 10.3. The molecule has 1 rings (SSSR count). The molecule has 1 N–H and O–H groups in total. The molecule has 31 heavy (non-hydrogen) atoms. The maximum atomic E-state index is 10.1. The molecule has 0 aromatic carbocycles. The Balaban J connectivity index is 2.25. The van der Waals surface area contributed by atoms with Crippen LogP contribution >= 0.6 is 0 Å². The number of hydrogen-bond donors (Lipinski definition) is 1. The molecule has 0 saturated heterocycles. The van der Waals surface area contributed by atoms with Gasteiger partial charge >= 0.3 is 0 Å². The van der Waals surface area contributed by atoms with Gasteiger partial charge in [0.25, 0.3) is 0 Å². The van der Waals surface area contributed by atoms with E-state index >= 15 is 0 Å². The van der Waals surface area contributed by atoms with E-state index in [-0.39, 0.29) is 5.04 Å². The monoisotopic (exact) mass is 446 g/mol. The Bertz CT molecular complexity index is 677. The summed E-state index contributed by atoms with van der Waals surface area (Å²) < 4.78 is 12.0. The van der Waals surface area contributed by atoms with Gasteiger partial charge in [0.05, 0.1) is 6.10 Å². The van der Waals surface area contributed by atoms with Crippen molar-refractivity contribution in [1.82, 2.24) is 0 Å². The third-order valence-electron chi connectivity index (χ3n) is 5.97. The second-order valence-corrected chi connectivity index (χ2v) is 14.7. The molecule has 1 unspecified atom stereocenters. The van der Waals surface area contributed by atoms with E-state index in [1.807, 2.05) is 24.3 Å². The van der Waals surface area contributed by atoms with Crippen LogP contribution in [0.3, 0.4) is 0 Å². The molecule has 0 fully saturated rings. The van der Waals surface area contributed by atoms with Crippen LogP contribution in [0.2, 0.25) is 18.1 Å². The zero-order valence-electron chi connectivity index (χ0n) is 20.8. The first kappa shape index (κ1) is 27.7. The van der Waals surface area contributed by atoms with E-state index in [9.17, 15) is 5.11 Å². The quantitative estimate of drug-likeness (QED) is 0.167. The lowest BCUT2D eigenvalue weighted by atomic mass is 10.1. The predicted octanol–water partition coefficient (Wildman–Crippen LogP) is 8.39. The Morgan fingerprint density at radius 3 is 2.29 bits per heavy atom. The summed E-state index contributed by atoms with van der Waals surface area (Å²) in [5.41, 5.74) is 0. The van der Waals surface area contributed by atoms with Crippen molar-refractivity contribution >= 4 is 20.5 Å². The summed E-state index contributed by atoms with van der Waals surface area (Å²) in [6, 6.07) is 3.91. The van der Waals surface area contributed by atoms with Crippen LogP contribution in [0.4, 0.5) is 0 Å². The lowest BCUT2D eigenvalue weighted by Crippen LogP contribution is -2.40. The molecule has 0 aliphatic rings. The molecule has 0 bridgehead atoms. The van der Waals surface area contributed by atoms with Crippen LogP contribution in [0.1, 0.15) is 90.6 Å². The van der Waals surface area contributed by atoms with E-state index in [0.29, 0.717) is 6.42 Å². The highest BCUT2D eigenvalue weighted by atomic mass is 28.4. The fourth-order valence-electron chi connectivity index (χ4n) is 2.81. The van der Waals surface area contributed by atoms with E-state index in [1.165, 1.54) is 19.3 Å². The van der Waals surface area contributed by atoms with E-state index in [0.717, 1.165) is 43.8 Å². The van der Waals surface area contributed by atoms with Crippen molar-refractivity contribution in [3.63, 3.8) is 0 Å². The van der Waals surface area contributed by atoms with E-state index in [4.69, 9.17) is 8.84 Å². The Hall–Kier alpha value is -1.36. The van der Waals surface area contributed by atoms with E-state index < -0.39 is 14.4 Å². The van der Waals surface area contributed by atoms with Crippen molar-refractivity contribution < 1.29 is 13.9 Å². The van der Waals surface area contributed by atoms with Gasteiger partial charge in [-0.05, 0) is 80.9 Å². The van der Waals surface area contributed by atoms with Crippen LogP contribution in [0.15, 0.2) is 40.9 Å². The molecule has 1 atom stereocenters. The minimum Gasteiger partial charge on any atom is -0.457 e. The van der Waals surface area contributed by atoms with Gasteiger partial charge in [0.2, 0.25) is 0 Å². The van der Waals surface area contributed by atoms with Crippen LogP contribution < -0.4 is 0 Å². The van der Waals surface area contributed by atoms with Gasteiger partial charge in [-0.3, -0.25) is 0 Å². The molecule has 1 aromatic rings. The molecule has 1 heterocycles. The first-order chi connectivity index (χ1) is 14.7. The standard InChI is InChI=1S/C27H46O3Si/c1-7-8-9-10-11-14-17-24(28)19-20-26-22-21-25(30-26)18-15-12-13-16-23-29-31(5,6)27(2,3)4/h11,14-15,18-22,24,28H,7-10,12-13,16-17,23H2,1-6H3/b14-11-,18-15-,20-19+. The third kappa shape index (κ3) is 12.3. The molecule has 0 aliphatic carbocycles. The first-order valence-corrected chi connectivity index (χ1v) is 15.0. The highest BCUT2D eigenvalue weighted by molar-refractivity contribution is 6.74. The van der Waals surface area contributed by atoms with Gasteiger partial charge in [0.1, 0.15) is 11.5 Å². The SMILES string of the molecule is CCCCC/C=C\CC(O)/C=C/c1ccc(/C=C\CCCCO[Si](C)(C)C(C)(C)C)o1. The highest BCUT2D eigenvalue weighted by Gasteiger charge is 2.36. The Morgan fingerprint density at radius 1 is 0.968 bits per heavy atom. The van der Waals surface area contributed by atoms with Crippen LogP contribution in [0, 0.1) is 0 Å². The van der Waals surface area contributed by atoms with Crippen molar-refractivity contribution in [2.75, 3.05) is 6.61 Å². The van der Waals surface area contributed by atoms with Gasteiger partial charge in [0.15, 0.2) is 8.32 Å². The van der Waals surface area contributed by atoms with Crippen molar-refractivity contribution in [2.45, 2.75) is 103 Å². The molecule has 0 spiro atoms. The molecule has 3 nitrogen and oxygen atoms in total. The maximum Gasteiger partial charge on any atom is 0.191 e. The number of furan rings is 1. The summed E-state index contributed by atoms with van der Waals surface area (Å²) in [4.78, 5) is 0. The second-order valence-electron chi connectivity index (χ2n) is 9.88. The van der Waals surface area contributed by atoms with Crippen molar-refractivity contribution in [3.05, 3.63) is 48.0 Å². The topological polar surface area (TPSA) is 42.6 Å². The molecule has 0 radical (unpaired) electrons. The number of rotatable bonds is 15. The van der Waals surface area contributed by atoms with Gasteiger partial charge in [0, 0.05) is 6.61 Å². The van der Waals surface area contributed by atoms with Crippen LogP contribution in [0.25, 0.3) is 12.2 Å². The molecular weight excluding hydrogens is 400 g/mol. The molecule has 4 heteroatoms. The normalized spacial score (nSPS) is 14.4. The number of aliphatic hydroxyl groups is 1. The van der Waals surface area contributed by atoms with Crippen molar-refractivity contribution in [3.8, 4) is 0 Å². The summed E-state index contributed by atoms with van der Waals surface area (Å²) in [6.45, 7) is 14.5. The number of aliphatic hydroxyl groups excluding tert-OH is 1. The lowest BCUT2D eigenvalue weighted by Gasteiger charge is -2.36. The predicted molar refractivity (Wildman–Crippen MR) is 138 cm³/mol. The first-order valence-electron chi connectivity index (χ1n) is 12.1. The molecular formula is C27H46O3Si. The van der Waals surface area contributed by atoms with Crippen LogP contribution in [0.5, 0.6) is 0 Å². The second kappa shape index (κ2) is 14.7. The van der Waals surface area contributed by atoms with Gasteiger partial charge < -0.3 is 13.9 Å². The third-order valence-corrected chi connectivity index (χ3v) is 10.5. The fraction of sp³-hybridized carbons (Fsp3) is 0.630. The van der Waals surface area contributed by atoms with Gasteiger partial charge in [-0.25, -0.2) is 0 Å². The average molecular weight is 447 g/mol. The number of allylic oxidation sites excluding steroid dienone is 2. The number of hydrogen-bond acceptors (Lipinski definition) is 3. The summed E-state index contributed by atoms with van der Waals surface area (Å²) >= 11 is 0. The Morgan fingerprint density at radius 2 is 1.61 bits per heavy atom. The molecule has 176 valence electrons. The summed E-state index contributed by atoms with van der Waals surface area (Å²) in [7, 11) is -1.62. The summed E-state index contributed by atoms with van der Waals surface area (Å²) in [6.07, 6.45) is 20.3. The largest absolute Gasteiger partial charge is 0.457 e. The van der Waals surface area contributed by atoms with Gasteiger partial charge in [-0.15, -0.1) is 0 Å². The smallest absolute Gasteiger partial charge is 0.191 e. The zero-order chi connectivity index (χ0) is 23.2. The lowest BCUT2D eigenvalue weighted by molar-refractivity contribution is 0.227.